The van der Waals surface area contributed by atoms with E-state index in [0.717, 1.165) is 31.7 Å². The van der Waals surface area contributed by atoms with Gasteiger partial charge in [0.25, 0.3) is 5.91 Å². The topological polar surface area (TPSA) is 98.7 Å². The molecule has 1 aromatic heterocycles. The number of hydrogen-bond acceptors (Lipinski definition) is 6. The fourth-order valence-electron chi connectivity index (χ4n) is 4.59. The van der Waals surface area contributed by atoms with Crippen molar-refractivity contribution in [1.29, 1.82) is 0 Å². The van der Waals surface area contributed by atoms with Crippen LogP contribution < -0.4 is 5.32 Å². The third-order valence-electron chi connectivity index (χ3n) is 6.52. The first-order chi connectivity index (χ1) is 15.4. The molecular weight excluding hydrogens is 406 g/mol. The molecule has 2 aromatic rings. The van der Waals surface area contributed by atoms with E-state index < -0.39 is 6.10 Å². The molecule has 2 atom stereocenters. The number of carbonyl (C=O) groups excluding carboxylic acids is 2. The lowest BCUT2D eigenvalue weighted by molar-refractivity contribution is -0.134. The van der Waals surface area contributed by atoms with Crippen LogP contribution in [0, 0.1) is 5.92 Å². The summed E-state index contributed by atoms with van der Waals surface area (Å²) in [5.41, 5.74) is 3.76. The lowest BCUT2D eigenvalue weighted by atomic mass is 9.93. The Balaban J connectivity index is 1.25. The lowest BCUT2D eigenvalue weighted by Crippen LogP contribution is -2.49. The number of rotatable bonds is 7. The molecular formula is C24H31N5O3. The number of carbonyl (C=O) groups is 2. The molecule has 0 saturated carbocycles. The van der Waals surface area contributed by atoms with Crippen LogP contribution >= 0.6 is 0 Å². The molecule has 8 heteroatoms. The van der Waals surface area contributed by atoms with E-state index in [-0.39, 0.29) is 24.4 Å². The highest BCUT2D eigenvalue weighted by Crippen LogP contribution is 2.29. The van der Waals surface area contributed by atoms with E-state index in [0.29, 0.717) is 24.6 Å². The van der Waals surface area contributed by atoms with Gasteiger partial charge in [-0.25, -0.2) is 9.97 Å². The Bertz CT molecular complexity index is 976. The quantitative estimate of drug-likeness (QED) is 0.676. The number of likely N-dealkylation sites (tertiary alicyclic amines) is 1. The maximum atomic E-state index is 12.6. The summed E-state index contributed by atoms with van der Waals surface area (Å²) in [6.07, 6.45) is 2.41. The largest absolute Gasteiger partial charge is 0.390 e. The summed E-state index contributed by atoms with van der Waals surface area (Å²) in [5, 5.41) is 13.3. The molecule has 1 saturated heterocycles. The first-order valence-electron chi connectivity index (χ1n) is 11.2. The van der Waals surface area contributed by atoms with Gasteiger partial charge in [-0.1, -0.05) is 24.3 Å². The predicted octanol–water partition coefficient (Wildman–Crippen LogP) is 1.21. The summed E-state index contributed by atoms with van der Waals surface area (Å²) in [6, 6.07) is 10.4. The van der Waals surface area contributed by atoms with Crippen LogP contribution in [0.1, 0.15) is 47.2 Å². The van der Waals surface area contributed by atoms with Crippen LogP contribution in [0.3, 0.4) is 0 Å². The van der Waals surface area contributed by atoms with Crippen molar-refractivity contribution in [2.45, 2.75) is 38.8 Å². The second-order valence-corrected chi connectivity index (χ2v) is 8.87. The average Bonchev–Trinajstić information content (AvgIpc) is 2.76. The van der Waals surface area contributed by atoms with E-state index in [9.17, 15) is 14.7 Å². The summed E-state index contributed by atoms with van der Waals surface area (Å²) in [5.74, 6) is 0.137. The SMILES string of the molecule is CC(=O)N1CC(Cc2cc(C(=O)NC[C@H](O)CN3CCc4ccccc4C3C)ncn2)C1. The molecule has 2 amide bonds. The van der Waals surface area contributed by atoms with Crippen molar-refractivity contribution < 1.29 is 14.7 Å². The van der Waals surface area contributed by atoms with Gasteiger partial charge in [-0.2, -0.15) is 0 Å². The van der Waals surface area contributed by atoms with Crippen molar-refractivity contribution in [1.82, 2.24) is 25.1 Å². The Kier molecular flexibility index (Phi) is 6.81. The molecule has 3 heterocycles. The number of benzene rings is 1. The maximum absolute atomic E-state index is 12.6. The van der Waals surface area contributed by atoms with Gasteiger partial charge in [0.2, 0.25) is 5.91 Å². The molecule has 0 spiro atoms. The fraction of sp³-hybridized carbons (Fsp3) is 0.500. The lowest BCUT2D eigenvalue weighted by Gasteiger charge is -2.38. The van der Waals surface area contributed by atoms with Crippen LogP contribution in [-0.4, -0.2) is 75.5 Å². The van der Waals surface area contributed by atoms with Gasteiger partial charge >= 0.3 is 0 Å². The van der Waals surface area contributed by atoms with Crippen LogP contribution in [0.25, 0.3) is 0 Å². The van der Waals surface area contributed by atoms with Gasteiger partial charge < -0.3 is 15.3 Å². The van der Waals surface area contributed by atoms with Crippen LogP contribution in [0.2, 0.25) is 0 Å². The van der Waals surface area contributed by atoms with Crippen molar-refractivity contribution in [2.24, 2.45) is 5.92 Å². The minimum absolute atomic E-state index is 0.0886. The zero-order chi connectivity index (χ0) is 22.7. The Hall–Kier alpha value is -2.84. The number of hydrogen-bond donors (Lipinski definition) is 2. The number of fused-ring (bicyclic) bond motifs is 1. The molecule has 4 rings (SSSR count). The first kappa shape index (κ1) is 22.4. The van der Waals surface area contributed by atoms with E-state index >= 15 is 0 Å². The molecule has 1 unspecified atom stereocenters. The number of β-amino-alcohol motifs (C(OH)–C–C–N with tert-alkyl or cyclic N) is 1. The van der Waals surface area contributed by atoms with Gasteiger partial charge in [-0.05, 0) is 42.9 Å². The molecule has 8 nitrogen and oxygen atoms in total. The highest BCUT2D eigenvalue weighted by Gasteiger charge is 2.29. The smallest absolute Gasteiger partial charge is 0.270 e. The standard InChI is InChI=1S/C24H31N5O3/c1-16-22-6-4-3-5-19(22)7-8-28(16)14-21(31)11-25-24(32)23-10-20(26-15-27-23)9-18-12-29(13-18)17(2)30/h3-6,10,15-16,18,21,31H,7-9,11-14H2,1-2H3,(H,25,32)/t16?,21-/m0/s1. The molecule has 1 aromatic carbocycles. The van der Waals surface area contributed by atoms with Gasteiger partial charge in [-0.15, -0.1) is 0 Å². The van der Waals surface area contributed by atoms with Gasteiger partial charge in [0.15, 0.2) is 0 Å². The average molecular weight is 438 g/mol. The number of nitrogens with one attached hydrogen (secondary N) is 1. The van der Waals surface area contributed by atoms with Gasteiger partial charge in [0, 0.05) is 51.4 Å². The minimum Gasteiger partial charge on any atom is -0.390 e. The number of amides is 2. The molecule has 0 radical (unpaired) electrons. The van der Waals surface area contributed by atoms with Crippen molar-refractivity contribution in [3.8, 4) is 0 Å². The molecule has 0 aliphatic carbocycles. The van der Waals surface area contributed by atoms with Crippen molar-refractivity contribution in [3.05, 3.63) is 59.2 Å². The van der Waals surface area contributed by atoms with E-state index in [1.807, 2.05) is 0 Å². The van der Waals surface area contributed by atoms with E-state index in [1.54, 1.807) is 17.9 Å². The van der Waals surface area contributed by atoms with Gasteiger partial charge in [0.05, 0.1) is 6.10 Å². The molecule has 0 bridgehead atoms. The van der Waals surface area contributed by atoms with Crippen molar-refractivity contribution in [3.63, 3.8) is 0 Å². The zero-order valence-electron chi connectivity index (χ0n) is 18.7. The van der Waals surface area contributed by atoms with E-state index in [1.165, 1.54) is 17.5 Å². The summed E-state index contributed by atoms with van der Waals surface area (Å²) < 4.78 is 0. The fourth-order valence-corrected chi connectivity index (χ4v) is 4.59. The number of nitrogens with zero attached hydrogens (tertiary/aromatic N) is 4. The molecule has 1 fully saturated rings. The molecule has 170 valence electrons. The Morgan fingerprint density at radius 1 is 1.25 bits per heavy atom. The monoisotopic (exact) mass is 437 g/mol. The summed E-state index contributed by atoms with van der Waals surface area (Å²) in [7, 11) is 0. The highest BCUT2D eigenvalue weighted by atomic mass is 16.3. The molecule has 2 aliphatic heterocycles. The normalized spacial score (nSPS) is 19.7. The Morgan fingerprint density at radius 2 is 2.03 bits per heavy atom. The van der Waals surface area contributed by atoms with Crippen molar-refractivity contribution in [2.75, 3.05) is 32.7 Å². The number of aromatic nitrogens is 2. The second-order valence-electron chi connectivity index (χ2n) is 8.87. The van der Waals surface area contributed by atoms with Crippen LogP contribution in [-0.2, 0) is 17.6 Å². The number of aliphatic hydroxyl groups excluding tert-OH is 1. The third kappa shape index (κ3) is 5.14. The van der Waals surface area contributed by atoms with Crippen LogP contribution in [0.5, 0.6) is 0 Å². The zero-order valence-corrected chi connectivity index (χ0v) is 18.7. The molecule has 32 heavy (non-hydrogen) atoms. The second kappa shape index (κ2) is 9.75. The van der Waals surface area contributed by atoms with E-state index in [2.05, 4.69) is 51.4 Å². The molecule has 2 N–H and O–H groups in total. The first-order valence-corrected chi connectivity index (χ1v) is 11.2. The number of aliphatic hydroxyl groups is 1. The Labute approximate surface area is 188 Å². The predicted molar refractivity (Wildman–Crippen MR) is 120 cm³/mol. The van der Waals surface area contributed by atoms with Crippen LogP contribution in [0.4, 0.5) is 0 Å². The summed E-state index contributed by atoms with van der Waals surface area (Å²) in [6.45, 7) is 6.74. The Morgan fingerprint density at radius 3 is 2.81 bits per heavy atom. The van der Waals surface area contributed by atoms with Gasteiger partial charge in [-0.3, -0.25) is 14.5 Å². The van der Waals surface area contributed by atoms with Crippen LogP contribution in [0.15, 0.2) is 36.7 Å². The highest BCUT2D eigenvalue weighted by molar-refractivity contribution is 5.92. The third-order valence-corrected chi connectivity index (χ3v) is 6.52. The van der Waals surface area contributed by atoms with Gasteiger partial charge in [0.1, 0.15) is 12.0 Å². The van der Waals surface area contributed by atoms with Crippen molar-refractivity contribution >= 4 is 11.8 Å². The minimum atomic E-state index is -0.666. The summed E-state index contributed by atoms with van der Waals surface area (Å²) in [4.78, 5) is 36.3. The maximum Gasteiger partial charge on any atom is 0.270 e. The molecule has 2 aliphatic rings. The summed E-state index contributed by atoms with van der Waals surface area (Å²) >= 11 is 0. The van der Waals surface area contributed by atoms with E-state index in [4.69, 9.17) is 0 Å².